The van der Waals surface area contributed by atoms with E-state index >= 15 is 0 Å². The van der Waals surface area contributed by atoms with Crippen molar-refractivity contribution in [3.63, 3.8) is 0 Å². The molecule has 1 N–H and O–H groups in total. The van der Waals surface area contributed by atoms with Crippen LogP contribution in [0.1, 0.15) is 31.1 Å². The molecule has 5 heteroatoms. The van der Waals surface area contributed by atoms with Crippen LogP contribution in [0, 0.1) is 5.82 Å². The lowest BCUT2D eigenvalue weighted by Crippen LogP contribution is -2.25. The Morgan fingerprint density at radius 1 is 1.37 bits per heavy atom. The van der Waals surface area contributed by atoms with E-state index in [0.717, 1.165) is 24.3 Å². The van der Waals surface area contributed by atoms with E-state index in [2.05, 4.69) is 10.4 Å². The maximum absolute atomic E-state index is 13.2. The first kappa shape index (κ1) is 14.0. The van der Waals surface area contributed by atoms with Gasteiger partial charge in [0.25, 0.3) is 0 Å². The van der Waals surface area contributed by atoms with Crippen LogP contribution in [0.15, 0.2) is 30.5 Å². The summed E-state index contributed by atoms with van der Waals surface area (Å²) in [5.74, 6) is -0.326. The van der Waals surface area contributed by atoms with E-state index in [1.54, 1.807) is 12.3 Å². The number of nitrogens with one attached hydrogen (secondary N) is 1. The fraction of sp³-hybridized carbons (Fsp3) is 0.357. The normalized spacial score (nSPS) is 12.6. The first-order valence-electron chi connectivity index (χ1n) is 6.37. The molecular formula is C14H17ClFN3. The molecule has 1 atom stereocenters. The fourth-order valence-corrected chi connectivity index (χ4v) is 2.44. The molecule has 0 fully saturated rings. The van der Waals surface area contributed by atoms with Crippen molar-refractivity contribution in [1.82, 2.24) is 15.1 Å². The number of hydrogen-bond acceptors (Lipinski definition) is 2. The van der Waals surface area contributed by atoms with Gasteiger partial charge in [-0.15, -0.1) is 0 Å². The highest BCUT2D eigenvalue weighted by molar-refractivity contribution is 6.31. The molecule has 0 saturated heterocycles. The van der Waals surface area contributed by atoms with Crippen LogP contribution in [-0.2, 0) is 6.54 Å². The van der Waals surface area contributed by atoms with E-state index in [4.69, 9.17) is 11.6 Å². The van der Waals surface area contributed by atoms with Crippen LogP contribution in [0.2, 0.25) is 5.02 Å². The zero-order valence-electron chi connectivity index (χ0n) is 11.0. The number of rotatable bonds is 5. The van der Waals surface area contributed by atoms with Crippen LogP contribution >= 0.6 is 11.6 Å². The molecule has 0 aliphatic carbocycles. The van der Waals surface area contributed by atoms with Crippen LogP contribution in [-0.4, -0.2) is 16.3 Å². The lowest BCUT2D eigenvalue weighted by Gasteiger charge is -2.20. The van der Waals surface area contributed by atoms with Crippen LogP contribution in [0.5, 0.6) is 0 Å². The predicted molar refractivity (Wildman–Crippen MR) is 74.8 cm³/mol. The molecule has 2 aromatic rings. The molecule has 0 saturated carbocycles. The van der Waals surface area contributed by atoms with Gasteiger partial charge in [-0.25, -0.2) is 4.39 Å². The Morgan fingerprint density at radius 2 is 2.16 bits per heavy atom. The summed E-state index contributed by atoms with van der Waals surface area (Å²) < 4.78 is 15.1. The number of hydrogen-bond donors (Lipinski definition) is 1. The third kappa shape index (κ3) is 2.96. The summed E-state index contributed by atoms with van der Waals surface area (Å²) in [7, 11) is 0. The van der Waals surface area contributed by atoms with E-state index in [0.29, 0.717) is 5.02 Å². The Kier molecular flexibility index (Phi) is 4.56. The Bertz CT molecular complexity index is 553. The van der Waals surface area contributed by atoms with Gasteiger partial charge in [0.05, 0.1) is 11.7 Å². The molecule has 0 amide bonds. The molecule has 1 aromatic carbocycles. The third-order valence-electron chi connectivity index (χ3n) is 3.03. The molecule has 1 unspecified atom stereocenters. The number of nitrogens with zero attached hydrogens (tertiary/aromatic N) is 2. The van der Waals surface area contributed by atoms with Gasteiger partial charge >= 0.3 is 0 Å². The van der Waals surface area contributed by atoms with Crippen molar-refractivity contribution in [1.29, 1.82) is 0 Å². The average molecular weight is 282 g/mol. The highest BCUT2D eigenvalue weighted by Crippen LogP contribution is 2.28. The topological polar surface area (TPSA) is 29.9 Å². The third-order valence-corrected chi connectivity index (χ3v) is 3.35. The first-order chi connectivity index (χ1) is 9.17. The molecule has 0 aliphatic heterocycles. The van der Waals surface area contributed by atoms with Crippen molar-refractivity contribution in [2.24, 2.45) is 0 Å². The Hall–Kier alpha value is -1.39. The molecule has 0 spiro atoms. The predicted octanol–water partition coefficient (Wildman–Crippen LogP) is 3.39. The molecule has 2 rings (SSSR count). The van der Waals surface area contributed by atoms with Gasteiger partial charge in [-0.1, -0.05) is 24.6 Å². The van der Waals surface area contributed by atoms with Crippen molar-refractivity contribution in [3.05, 3.63) is 52.6 Å². The Balaban J connectivity index is 2.45. The second-order valence-electron chi connectivity index (χ2n) is 4.23. The highest BCUT2D eigenvalue weighted by Gasteiger charge is 2.19. The van der Waals surface area contributed by atoms with Crippen molar-refractivity contribution in [2.45, 2.75) is 26.4 Å². The molecular weight excluding hydrogens is 265 g/mol. The molecule has 102 valence electrons. The van der Waals surface area contributed by atoms with E-state index in [1.165, 1.54) is 12.1 Å². The smallest absolute Gasteiger partial charge is 0.124 e. The summed E-state index contributed by atoms with van der Waals surface area (Å²) in [6.07, 6.45) is 1.76. The van der Waals surface area contributed by atoms with Crippen LogP contribution < -0.4 is 5.32 Å². The second-order valence-corrected chi connectivity index (χ2v) is 4.64. The number of aryl methyl sites for hydroxylation is 1. The first-order valence-corrected chi connectivity index (χ1v) is 6.75. The lowest BCUT2D eigenvalue weighted by molar-refractivity contribution is 0.541. The largest absolute Gasteiger partial charge is 0.305 e. The van der Waals surface area contributed by atoms with Crippen molar-refractivity contribution < 1.29 is 4.39 Å². The van der Waals surface area contributed by atoms with Crippen molar-refractivity contribution in [2.75, 3.05) is 6.54 Å². The van der Waals surface area contributed by atoms with Gasteiger partial charge in [-0.05, 0) is 37.2 Å². The van der Waals surface area contributed by atoms with E-state index in [1.807, 2.05) is 24.6 Å². The summed E-state index contributed by atoms with van der Waals surface area (Å²) in [5.41, 5.74) is 1.89. The van der Waals surface area contributed by atoms with Crippen molar-refractivity contribution >= 4 is 11.6 Å². The molecule has 3 nitrogen and oxygen atoms in total. The van der Waals surface area contributed by atoms with Crippen LogP contribution in [0.25, 0.3) is 0 Å². The monoisotopic (exact) mass is 281 g/mol. The number of aromatic nitrogens is 2. The minimum Gasteiger partial charge on any atom is -0.305 e. The van der Waals surface area contributed by atoms with E-state index in [-0.39, 0.29) is 11.9 Å². The lowest BCUT2D eigenvalue weighted by atomic mass is 10.0. The minimum absolute atomic E-state index is 0.0828. The zero-order chi connectivity index (χ0) is 13.8. The van der Waals surface area contributed by atoms with E-state index in [9.17, 15) is 4.39 Å². The minimum atomic E-state index is -0.326. The Labute approximate surface area is 117 Å². The second kappa shape index (κ2) is 6.17. The summed E-state index contributed by atoms with van der Waals surface area (Å²) in [4.78, 5) is 0. The average Bonchev–Trinajstić information content (AvgIpc) is 2.85. The molecule has 1 heterocycles. The number of benzene rings is 1. The Morgan fingerprint density at radius 3 is 2.79 bits per heavy atom. The maximum atomic E-state index is 13.2. The highest BCUT2D eigenvalue weighted by atomic mass is 35.5. The molecule has 0 bridgehead atoms. The summed E-state index contributed by atoms with van der Waals surface area (Å²) in [5, 5.41) is 8.06. The van der Waals surface area contributed by atoms with Gasteiger partial charge in [0, 0.05) is 17.8 Å². The fourth-order valence-electron chi connectivity index (χ4n) is 2.17. The molecule has 19 heavy (non-hydrogen) atoms. The van der Waals surface area contributed by atoms with Crippen molar-refractivity contribution in [3.8, 4) is 0 Å². The zero-order valence-corrected chi connectivity index (χ0v) is 11.8. The summed E-state index contributed by atoms with van der Waals surface area (Å²) in [6.45, 7) is 5.62. The van der Waals surface area contributed by atoms with Gasteiger partial charge in [0.2, 0.25) is 0 Å². The molecule has 0 radical (unpaired) electrons. The molecule has 1 aromatic heterocycles. The van der Waals surface area contributed by atoms with Crippen LogP contribution in [0.3, 0.4) is 0 Å². The maximum Gasteiger partial charge on any atom is 0.124 e. The quantitative estimate of drug-likeness (QED) is 0.910. The van der Waals surface area contributed by atoms with Crippen LogP contribution in [0.4, 0.5) is 4.39 Å². The summed E-state index contributed by atoms with van der Waals surface area (Å²) in [6, 6.07) is 6.36. The standard InChI is InChI=1S/C14H17ClFN3/c1-3-17-14(13-7-8-18-19(13)4-2)11-6-5-10(16)9-12(11)15/h5-9,14,17H,3-4H2,1-2H3. The van der Waals surface area contributed by atoms with Gasteiger partial charge in [0.15, 0.2) is 0 Å². The van der Waals surface area contributed by atoms with Gasteiger partial charge in [0.1, 0.15) is 5.82 Å². The van der Waals surface area contributed by atoms with Gasteiger partial charge in [-0.2, -0.15) is 5.10 Å². The van der Waals surface area contributed by atoms with Gasteiger partial charge < -0.3 is 5.32 Å². The van der Waals surface area contributed by atoms with E-state index < -0.39 is 0 Å². The SMILES string of the molecule is CCNC(c1ccc(F)cc1Cl)c1ccnn1CC. The number of halogens is 2. The summed E-state index contributed by atoms with van der Waals surface area (Å²) >= 11 is 6.16. The van der Waals surface area contributed by atoms with Gasteiger partial charge in [-0.3, -0.25) is 4.68 Å². The molecule has 0 aliphatic rings.